The van der Waals surface area contributed by atoms with Gasteiger partial charge in [0.15, 0.2) is 0 Å². The van der Waals surface area contributed by atoms with Crippen LogP contribution in [0.5, 0.6) is 0 Å². The van der Waals surface area contributed by atoms with E-state index in [1.165, 1.54) is 0 Å². The van der Waals surface area contributed by atoms with Crippen LogP contribution in [0.1, 0.15) is 39.0 Å². The minimum absolute atomic E-state index is 0.106. The molecule has 7 nitrogen and oxygen atoms in total. The van der Waals surface area contributed by atoms with Gasteiger partial charge >= 0.3 is 0 Å². The van der Waals surface area contributed by atoms with Crippen molar-refractivity contribution in [1.29, 1.82) is 5.26 Å². The molecule has 1 aliphatic rings. The Morgan fingerprint density at radius 1 is 1.55 bits per heavy atom. The molecule has 0 bridgehead atoms. The molecule has 1 unspecified atom stereocenters. The fourth-order valence-corrected chi connectivity index (χ4v) is 2.88. The smallest absolute Gasteiger partial charge is 0.256 e. The summed E-state index contributed by atoms with van der Waals surface area (Å²) in [5, 5.41) is 16.0. The van der Waals surface area contributed by atoms with Crippen molar-refractivity contribution < 1.29 is 9.53 Å². The highest BCUT2D eigenvalue weighted by Gasteiger charge is 2.32. The Kier molecular flexibility index (Phi) is 3.69. The molecular weight excluding hydrogens is 282 g/mol. The van der Waals surface area contributed by atoms with Gasteiger partial charge in [0, 0.05) is 24.0 Å². The first-order valence-electron chi connectivity index (χ1n) is 7.10. The average molecular weight is 299 g/mol. The van der Waals surface area contributed by atoms with Crippen LogP contribution < -0.4 is 0 Å². The Balaban J connectivity index is 1.93. The van der Waals surface area contributed by atoms with Crippen molar-refractivity contribution in [1.82, 2.24) is 20.1 Å². The fourth-order valence-electron chi connectivity index (χ4n) is 2.88. The van der Waals surface area contributed by atoms with Crippen LogP contribution in [0, 0.1) is 25.2 Å². The molecule has 3 rings (SSSR count). The monoisotopic (exact) mass is 299 g/mol. The van der Waals surface area contributed by atoms with Crippen LogP contribution in [-0.4, -0.2) is 45.7 Å². The molecule has 0 saturated carbocycles. The number of aromatic amines is 2. The second-order valence-corrected chi connectivity index (χ2v) is 5.35. The molecule has 7 heteroatoms. The third kappa shape index (κ3) is 2.38. The van der Waals surface area contributed by atoms with Crippen LogP contribution in [0.4, 0.5) is 0 Å². The molecule has 22 heavy (non-hydrogen) atoms. The van der Waals surface area contributed by atoms with Crippen LogP contribution in [-0.2, 0) is 4.74 Å². The molecule has 0 aromatic carbocycles. The van der Waals surface area contributed by atoms with Gasteiger partial charge in [0.25, 0.3) is 5.91 Å². The third-order valence-electron chi connectivity index (χ3n) is 3.96. The second kappa shape index (κ2) is 5.66. The number of rotatable bonds is 2. The lowest BCUT2D eigenvalue weighted by Crippen LogP contribution is -2.43. The first-order chi connectivity index (χ1) is 10.6. The maximum absolute atomic E-state index is 12.8. The van der Waals surface area contributed by atoms with Crippen LogP contribution in [0.15, 0.2) is 12.3 Å². The topological polar surface area (TPSA) is 97.8 Å². The third-order valence-corrected chi connectivity index (χ3v) is 3.96. The van der Waals surface area contributed by atoms with Crippen molar-refractivity contribution in [2.75, 3.05) is 19.8 Å². The van der Waals surface area contributed by atoms with Crippen molar-refractivity contribution in [3.8, 4) is 6.07 Å². The zero-order chi connectivity index (χ0) is 15.7. The van der Waals surface area contributed by atoms with Crippen molar-refractivity contribution in [2.45, 2.75) is 19.9 Å². The van der Waals surface area contributed by atoms with Crippen molar-refractivity contribution in [2.24, 2.45) is 0 Å². The molecule has 0 radical (unpaired) electrons. The van der Waals surface area contributed by atoms with Gasteiger partial charge in [-0.1, -0.05) is 0 Å². The van der Waals surface area contributed by atoms with E-state index in [1.54, 1.807) is 17.2 Å². The number of carbonyl (C=O) groups excluding carboxylic acids is 1. The molecule has 114 valence electrons. The SMILES string of the molecule is Cc1n[nH]c(C)c1C1COCCN1C(=O)c1c[nH]c(C#N)c1. The number of hydrogen-bond acceptors (Lipinski definition) is 4. The molecule has 2 aromatic heterocycles. The predicted octanol–water partition coefficient (Wildman–Crippen LogP) is 1.44. The van der Waals surface area contributed by atoms with E-state index < -0.39 is 0 Å². The number of nitriles is 1. The number of hydrogen-bond donors (Lipinski definition) is 2. The summed E-state index contributed by atoms with van der Waals surface area (Å²) in [6.45, 7) is 5.33. The van der Waals surface area contributed by atoms with E-state index in [-0.39, 0.29) is 11.9 Å². The zero-order valence-electron chi connectivity index (χ0n) is 12.5. The number of morpholine rings is 1. The van der Waals surface area contributed by atoms with Gasteiger partial charge in [0.05, 0.1) is 30.5 Å². The Morgan fingerprint density at radius 3 is 3.00 bits per heavy atom. The fraction of sp³-hybridized carbons (Fsp3) is 0.400. The Morgan fingerprint density at radius 2 is 2.36 bits per heavy atom. The van der Waals surface area contributed by atoms with Crippen molar-refractivity contribution in [3.05, 3.63) is 40.5 Å². The van der Waals surface area contributed by atoms with Gasteiger partial charge in [0.2, 0.25) is 0 Å². The van der Waals surface area contributed by atoms with Gasteiger partial charge in [-0.25, -0.2) is 0 Å². The summed E-state index contributed by atoms with van der Waals surface area (Å²) >= 11 is 0. The Hall–Kier alpha value is -2.59. The number of nitrogens with zero attached hydrogens (tertiary/aromatic N) is 3. The number of ether oxygens (including phenoxy) is 1. The number of aryl methyl sites for hydroxylation is 2. The van der Waals surface area contributed by atoms with Gasteiger partial charge in [0.1, 0.15) is 11.8 Å². The van der Waals surface area contributed by atoms with Gasteiger partial charge in [-0.2, -0.15) is 10.4 Å². The first-order valence-corrected chi connectivity index (χ1v) is 7.10. The Labute approximate surface area is 127 Å². The normalized spacial score (nSPS) is 18.2. The second-order valence-electron chi connectivity index (χ2n) is 5.35. The summed E-state index contributed by atoms with van der Waals surface area (Å²) in [7, 11) is 0. The van der Waals surface area contributed by atoms with Gasteiger partial charge in [-0.05, 0) is 19.9 Å². The average Bonchev–Trinajstić information content (AvgIpc) is 3.14. The highest BCUT2D eigenvalue weighted by atomic mass is 16.5. The lowest BCUT2D eigenvalue weighted by Gasteiger charge is -2.35. The van der Waals surface area contributed by atoms with Crippen LogP contribution in [0.25, 0.3) is 0 Å². The highest BCUT2D eigenvalue weighted by molar-refractivity contribution is 5.94. The quantitative estimate of drug-likeness (QED) is 0.876. The minimum atomic E-state index is -0.166. The standard InChI is InChI=1S/C15H17N5O2/c1-9-14(10(2)19-18-9)13-8-22-4-3-20(13)15(21)11-5-12(6-16)17-7-11/h5,7,13,17H,3-4,8H2,1-2H3,(H,18,19). The van der Waals surface area contributed by atoms with Crippen LogP contribution >= 0.6 is 0 Å². The summed E-state index contributed by atoms with van der Waals surface area (Å²) in [6.07, 6.45) is 1.57. The predicted molar refractivity (Wildman–Crippen MR) is 78.2 cm³/mol. The molecule has 2 N–H and O–H groups in total. The molecular formula is C15H17N5O2. The van der Waals surface area contributed by atoms with E-state index in [0.29, 0.717) is 31.0 Å². The van der Waals surface area contributed by atoms with Gasteiger partial charge < -0.3 is 14.6 Å². The van der Waals surface area contributed by atoms with E-state index >= 15 is 0 Å². The number of nitrogens with one attached hydrogen (secondary N) is 2. The molecule has 1 aliphatic heterocycles. The molecule has 3 heterocycles. The molecule has 1 amide bonds. The Bertz CT molecular complexity index is 720. The first kappa shape index (κ1) is 14.4. The van der Waals surface area contributed by atoms with E-state index in [4.69, 9.17) is 10.00 Å². The van der Waals surface area contributed by atoms with Crippen molar-refractivity contribution >= 4 is 5.91 Å². The lowest BCUT2D eigenvalue weighted by molar-refractivity contribution is -0.00300. The maximum Gasteiger partial charge on any atom is 0.256 e. The number of aromatic nitrogens is 3. The lowest BCUT2D eigenvalue weighted by atomic mass is 10.0. The summed E-state index contributed by atoms with van der Waals surface area (Å²) < 4.78 is 5.56. The molecule has 0 aliphatic carbocycles. The van der Waals surface area contributed by atoms with Crippen LogP contribution in [0.3, 0.4) is 0 Å². The van der Waals surface area contributed by atoms with E-state index in [9.17, 15) is 4.79 Å². The molecule has 1 saturated heterocycles. The maximum atomic E-state index is 12.8. The zero-order valence-corrected chi connectivity index (χ0v) is 12.5. The van der Waals surface area contributed by atoms with Gasteiger partial charge in [-0.3, -0.25) is 9.89 Å². The molecule has 1 fully saturated rings. The number of H-pyrrole nitrogens is 2. The van der Waals surface area contributed by atoms with E-state index in [1.807, 2.05) is 19.9 Å². The minimum Gasteiger partial charge on any atom is -0.377 e. The molecule has 2 aromatic rings. The number of carbonyl (C=O) groups is 1. The van der Waals surface area contributed by atoms with Crippen LogP contribution in [0.2, 0.25) is 0 Å². The summed E-state index contributed by atoms with van der Waals surface area (Å²) in [5.74, 6) is -0.106. The summed E-state index contributed by atoms with van der Waals surface area (Å²) in [4.78, 5) is 17.3. The molecule has 1 atom stereocenters. The largest absolute Gasteiger partial charge is 0.377 e. The highest BCUT2D eigenvalue weighted by Crippen LogP contribution is 2.29. The summed E-state index contributed by atoms with van der Waals surface area (Å²) in [5.41, 5.74) is 3.69. The van der Waals surface area contributed by atoms with E-state index in [2.05, 4.69) is 15.2 Å². The molecule has 0 spiro atoms. The number of amides is 1. The van der Waals surface area contributed by atoms with Crippen molar-refractivity contribution in [3.63, 3.8) is 0 Å². The van der Waals surface area contributed by atoms with E-state index in [0.717, 1.165) is 17.0 Å². The summed E-state index contributed by atoms with van der Waals surface area (Å²) in [6, 6.07) is 3.40. The van der Waals surface area contributed by atoms with Gasteiger partial charge in [-0.15, -0.1) is 0 Å².